The first-order valence-electron chi connectivity index (χ1n) is 8.76. The molecule has 0 aromatic carbocycles. The van der Waals surface area contributed by atoms with Crippen LogP contribution in [-0.2, 0) is 19.1 Å². The van der Waals surface area contributed by atoms with Crippen LogP contribution in [-0.4, -0.2) is 36.5 Å². The Kier molecular flexibility index (Phi) is 8.43. The van der Waals surface area contributed by atoms with Gasteiger partial charge < -0.3 is 9.47 Å². The van der Waals surface area contributed by atoms with Gasteiger partial charge in [-0.15, -0.1) is 0 Å². The van der Waals surface area contributed by atoms with Gasteiger partial charge in [-0.3, -0.25) is 4.79 Å². The molecular weight excluding hydrogens is 394 g/mol. The van der Waals surface area contributed by atoms with Crippen LogP contribution in [0.3, 0.4) is 0 Å². The number of halogens is 6. The van der Waals surface area contributed by atoms with Crippen molar-refractivity contribution >= 4 is 11.9 Å². The lowest BCUT2D eigenvalue weighted by Crippen LogP contribution is -2.47. The minimum atomic E-state index is -5.84. The fourth-order valence-corrected chi connectivity index (χ4v) is 2.28. The topological polar surface area (TPSA) is 52.6 Å². The zero-order valence-corrected chi connectivity index (χ0v) is 17.0. The smallest absolute Gasteiger partial charge is 0.434 e. The summed E-state index contributed by atoms with van der Waals surface area (Å²) in [5.41, 5.74) is -0.869. The van der Waals surface area contributed by atoms with Crippen molar-refractivity contribution in [1.29, 1.82) is 0 Å². The minimum Gasteiger partial charge on any atom is -0.450 e. The number of esters is 2. The van der Waals surface area contributed by atoms with E-state index in [1.54, 1.807) is 20.8 Å². The van der Waals surface area contributed by atoms with Crippen LogP contribution in [0.4, 0.5) is 26.3 Å². The van der Waals surface area contributed by atoms with Gasteiger partial charge in [-0.05, 0) is 24.2 Å². The average molecular weight is 422 g/mol. The largest absolute Gasteiger partial charge is 0.450 e. The molecule has 4 nitrogen and oxygen atoms in total. The number of alkyl halides is 6. The van der Waals surface area contributed by atoms with Gasteiger partial charge in [-0.2, -0.15) is 26.3 Å². The molecule has 2 unspecified atom stereocenters. The van der Waals surface area contributed by atoms with Crippen molar-refractivity contribution in [1.82, 2.24) is 0 Å². The highest BCUT2D eigenvalue weighted by molar-refractivity contribution is 5.80. The van der Waals surface area contributed by atoms with Gasteiger partial charge >= 0.3 is 24.3 Å². The summed E-state index contributed by atoms with van der Waals surface area (Å²) in [6, 6.07) is 0. The van der Waals surface area contributed by atoms with Crippen LogP contribution in [0.2, 0.25) is 0 Å². The van der Waals surface area contributed by atoms with Gasteiger partial charge in [0.05, 0.1) is 5.92 Å². The standard InChI is InChI=1S/C18H28F6O4/c1-8-16(6,7)9-11(15(3,4)5)13(26)27-10(2)12(25)28-14(17(19,20)21)18(22,23)24/h10-11,14H,8-9H2,1-7H3. The molecule has 0 saturated carbocycles. The Morgan fingerprint density at radius 2 is 1.25 bits per heavy atom. The molecule has 0 fully saturated rings. The number of carbonyl (C=O) groups is 2. The van der Waals surface area contributed by atoms with E-state index in [1.807, 2.05) is 20.8 Å². The molecule has 0 aliphatic heterocycles. The highest BCUT2D eigenvalue weighted by Crippen LogP contribution is 2.39. The molecule has 166 valence electrons. The molecule has 0 radical (unpaired) electrons. The van der Waals surface area contributed by atoms with Crippen molar-refractivity contribution in [2.75, 3.05) is 0 Å². The van der Waals surface area contributed by atoms with E-state index in [0.29, 0.717) is 6.42 Å². The van der Waals surface area contributed by atoms with Crippen molar-refractivity contribution in [3.05, 3.63) is 0 Å². The van der Waals surface area contributed by atoms with Gasteiger partial charge in [-0.1, -0.05) is 48.0 Å². The average Bonchev–Trinajstić information content (AvgIpc) is 2.46. The summed E-state index contributed by atoms with van der Waals surface area (Å²) in [7, 11) is 0. The lowest BCUT2D eigenvalue weighted by molar-refractivity contribution is -0.314. The summed E-state index contributed by atoms with van der Waals surface area (Å²) < 4.78 is 83.5. The zero-order valence-electron chi connectivity index (χ0n) is 17.0. The number of carbonyl (C=O) groups excluding carboxylic acids is 2. The third kappa shape index (κ3) is 8.26. The first kappa shape index (κ1) is 26.5. The van der Waals surface area contributed by atoms with Crippen molar-refractivity contribution in [2.24, 2.45) is 16.7 Å². The Labute approximate surface area is 160 Å². The molecular formula is C18H28F6O4. The maximum absolute atomic E-state index is 12.5. The van der Waals surface area contributed by atoms with Crippen molar-refractivity contribution in [3.8, 4) is 0 Å². The van der Waals surface area contributed by atoms with E-state index >= 15 is 0 Å². The first-order valence-corrected chi connectivity index (χ1v) is 8.76. The van der Waals surface area contributed by atoms with Crippen LogP contribution >= 0.6 is 0 Å². The predicted molar refractivity (Wildman–Crippen MR) is 89.2 cm³/mol. The zero-order chi connectivity index (χ0) is 22.7. The van der Waals surface area contributed by atoms with E-state index in [9.17, 15) is 35.9 Å². The van der Waals surface area contributed by atoms with Gasteiger partial charge in [0.25, 0.3) is 6.10 Å². The van der Waals surface area contributed by atoms with Crippen LogP contribution in [0.15, 0.2) is 0 Å². The van der Waals surface area contributed by atoms with E-state index in [2.05, 4.69) is 4.74 Å². The highest BCUT2D eigenvalue weighted by Gasteiger charge is 2.60. The maximum Gasteiger partial charge on any atom is 0.434 e. The molecule has 0 saturated heterocycles. The van der Waals surface area contributed by atoms with E-state index < -0.39 is 47.8 Å². The Hall–Kier alpha value is -1.48. The van der Waals surface area contributed by atoms with E-state index in [-0.39, 0.29) is 5.41 Å². The van der Waals surface area contributed by atoms with Gasteiger partial charge in [0.2, 0.25) is 0 Å². The second kappa shape index (κ2) is 8.90. The molecule has 10 heteroatoms. The monoisotopic (exact) mass is 422 g/mol. The fraction of sp³-hybridized carbons (Fsp3) is 0.889. The van der Waals surface area contributed by atoms with Crippen LogP contribution in [0.5, 0.6) is 0 Å². The normalized spacial score (nSPS) is 15.9. The third-order valence-electron chi connectivity index (χ3n) is 4.50. The van der Waals surface area contributed by atoms with Gasteiger partial charge in [0.1, 0.15) is 0 Å². The van der Waals surface area contributed by atoms with Gasteiger partial charge in [0, 0.05) is 0 Å². The van der Waals surface area contributed by atoms with Crippen molar-refractivity contribution in [3.63, 3.8) is 0 Å². The maximum atomic E-state index is 12.5. The van der Waals surface area contributed by atoms with Crippen molar-refractivity contribution < 1.29 is 45.4 Å². The summed E-state index contributed by atoms with van der Waals surface area (Å²) in [6.45, 7) is 11.8. The summed E-state index contributed by atoms with van der Waals surface area (Å²) in [6.07, 6.45) is -16.8. The molecule has 0 aromatic heterocycles. The van der Waals surface area contributed by atoms with Gasteiger partial charge in [-0.25, -0.2) is 4.79 Å². The van der Waals surface area contributed by atoms with Crippen LogP contribution in [0, 0.1) is 16.7 Å². The predicted octanol–water partition coefficient (Wildman–Crippen LogP) is 5.44. The summed E-state index contributed by atoms with van der Waals surface area (Å²) in [4.78, 5) is 24.2. The number of hydrogen-bond acceptors (Lipinski definition) is 4. The summed E-state index contributed by atoms with van der Waals surface area (Å²) in [5, 5.41) is 0. The van der Waals surface area contributed by atoms with Crippen LogP contribution < -0.4 is 0 Å². The van der Waals surface area contributed by atoms with Crippen LogP contribution in [0.25, 0.3) is 0 Å². The molecule has 0 heterocycles. The number of rotatable bonds is 7. The molecule has 28 heavy (non-hydrogen) atoms. The van der Waals surface area contributed by atoms with Crippen LogP contribution in [0.1, 0.15) is 61.3 Å². The van der Waals surface area contributed by atoms with Crippen molar-refractivity contribution in [2.45, 2.75) is 85.9 Å². The molecule has 0 N–H and O–H groups in total. The first-order chi connectivity index (χ1) is 12.2. The fourth-order valence-electron chi connectivity index (χ4n) is 2.28. The molecule has 0 spiro atoms. The number of ether oxygens (including phenoxy) is 2. The van der Waals surface area contributed by atoms with E-state index in [4.69, 9.17) is 4.74 Å². The van der Waals surface area contributed by atoms with E-state index in [0.717, 1.165) is 13.3 Å². The Balaban J connectivity index is 5.31. The molecule has 0 aliphatic carbocycles. The second-order valence-corrected chi connectivity index (χ2v) is 8.62. The summed E-state index contributed by atoms with van der Waals surface area (Å²) >= 11 is 0. The third-order valence-corrected chi connectivity index (χ3v) is 4.50. The molecule has 0 aliphatic rings. The lowest BCUT2D eigenvalue weighted by Gasteiger charge is -2.35. The quantitative estimate of drug-likeness (QED) is 0.405. The SMILES string of the molecule is CCC(C)(C)CC(C(=O)OC(C)C(=O)OC(C(F)(F)F)C(F)(F)F)C(C)(C)C. The van der Waals surface area contributed by atoms with E-state index in [1.165, 1.54) is 0 Å². The molecule has 0 amide bonds. The lowest BCUT2D eigenvalue weighted by atomic mass is 9.70. The molecule has 0 bridgehead atoms. The minimum absolute atomic E-state index is 0.265. The Bertz CT molecular complexity index is 532. The summed E-state index contributed by atoms with van der Waals surface area (Å²) in [5.74, 6) is -3.52. The number of hydrogen-bond donors (Lipinski definition) is 0. The molecule has 2 atom stereocenters. The van der Waals surface area contributed by atoms with Gasteiger partial charge in [0.15, 0.2) is 6.10 Å². The Morgan fingerprint density at radius 1 is 0.821 bits per heavy atom. The molecule has 0 aromatic rings. The Morgan fingerprint density at radius 3 is 1.57 bits per heavy atom. The molecule has 0 rings (SSSR count). The second-order valence-electron chi connectivity index (χ2n) is 8.62. The highest BCUT2D eigenvalue weighted by atomic mass is 19.4.